The number of hydrogen-bond donors (Lipinski definition) is 1. The molecule has 4 nitrogen and oxygen atoms in total. The zero-order valence-corrected chi connectivity index (χ0v) is 10.3. The molecule has 1 unspecified atom stereocenters. The maximum absolute atomic E-state index is 12.1. The first-order valence-electron chi connectivity index (χ1n) is 6.17. The summed E-state index contributed by atoms with van der Waals surface area (Å²) in [6.07, 6.45) is 6.61. The summed E-state index contributed by atoms with van der Waals surface area (Å²) in [4.78, 5) is 24.0. The topological polar surface area (TPSA) is 63.6 Å². The molecule has 0 spiro atoms. The highest BCUT2D eigenvalue weighted by Crippen LogP contribution is 2.32. The highest BCUT2D eigenvalue weighted by molar-refractivity contribution is 6.18. The summed E-state index contributed by atoms with van der Waals surface area (Å²) >= 11 is 0. The Hall–Kier alpha value is -1.84. The first-order chi connectivity index (χ1) is 8.65. The van der Waals surface area contributed by atoms with E-state index in [0.717, 1.165) is 12.8 Å². The number of ether oxygens (including phenoxy) is 1. The molecule has 0 aromatic rings. The lowest BCUT2D eigenvalue weighted by molar-refractivity contribution is -0.125. The van der Waals surface area contributed by atoms with Crippen molar-refractivity contribution in [2.24, 2.45) is 5.92 Å². The van der Waals surface area contributed by atoms with Crippen LogP contribution in [0.4, 0.5) is 0 Å². The Morgan fingerprint density at radius 3 is 2.94 bits per heavy atom. The summed E-state index contributed by atoms with van der Waals surface area (Å²) in [5, 5.41) is 9.64. The van der Waals surface area contributed by atoms with Crippen LogP contribution in [0.15, 0.2) is 35.3 Å². The van der Waals surface area contributed by atoms with Crippen molar-refractivity contribution in [1.29, 1.82) is 0 Å². The average molecular weight is 248 g/mol. The standard InChI is InChI=1S/C14H16O4/c1-2-3-7-18-12-8-11(16)13-9(14(12)17)5-4-6-10(13)15/h4,6,8-9,15H,2-3,5,7H2,1H3. The van der Waals surface area contributed by atoms with E-state index in [1.165, 1.54) is 12.2 Å². The normalized spacial score (nSPS) is 22.9. The molecule has 2 aliphatic carbocycles. The zero-order chi connectivity index (χ0) is 13.1. The molecule has 96 valence electrons. The highest BCUT2D eigenvalue weighted by atomic mass is 16.5. The second kappa shape index (κ2) is 5.21. The van der Waals surface area contributed by atoms with Gasteiger partial charge in [0.1, 0.15) is 5.76 Å². The number of carbonyl (C=O) groups excluding carboxylic acids is 2. The second-order valence-corrected chi connectivity index (χ2v) is 4.43. The predicted octanol–water partition coefficient (Wildman–Crippen LogP) is 2.23. The molecule has 2 rings (SSSR count). The molecule has 0 heterocycles. The summed E-state index contributed by atoms with van der Waals surface area (Å²) in [5.41, 5.74) is 0.199. The van der Waals surface area contributed by atoms with E-state index in [0.29, 0.717) is 13.0 Å². The molecule has 0 fully saturated rings. The number of rotatable bonds is 4. The number of carbonyl (C=O) groups is 2. The molecule has 0 amide bonds. The van der Waals surface area contributed by atoms with E-state index in [4.69, 9.17) is 4.74 Å². The van der Waals surface area contributed by atoms with Crippen LogP contribution in [-0.2, 0) is 14.3 Å². The molecule has 0 radical (unpaired) electrons. The summed E-state index contributed by atoms with van der Waals surface area (Å²) in [5.74, 6) is -1.09. The third-order valence-corrected chi connectivity index (χ3v) is 3.11. The maximum atomic E-state index is 12.1. The molecule has 0 saturated heterocycles. The molecular weight excluding hydrogens is 232 g/mol. The van der Waals surface area contributed by atoms with Crippen molar-refractivity contribution in [1.82, 2.24) is 0 Å². The first-order valence-corrected chi connectivity index (χ1v) is 6.17. The van der Waals surface area contributed by atoms with Crippen molar-refractivity contribution >= 4 is 11.6 Å². The van der Waals surface area contributed by atoms with E-state index in [1.54, 1.807) is 6.08 Å². The molecule has 1 N–H and O–H groups in total. The van der Waals surface area contributed by atoms with Crippen molar-refractivity contribution in [2.45, 2.75) is 26.2 Å². The fourth-order valence-corrected chi connectivity index (χ4v) is 2.12. The Bertz CT molecular complexity index is 468. The molecule has 0 bridgehead atoms. The number of Topliss-reactive ketones (excluding diaryl/α,β-unsaturated/α-hetero) is 1. The minimum absolute atomic E-state index is 0.103. The minimum Gasteiger partial charge on any atom is -0.508 e. The summed E-state index contributed by atoms with van der Waals surface area (Å²) in [7, 11) is 0. The van der Waals surface area contributed by atoms with Crippen molar-refractivity contribution in [3.8, 4) is 0 Å². The quantitative estimate of drug-likeness (QED) is 0.775. The van der Waals surface area contributed by atoms with E-state index >= 15 is 0 Å². The van der Waals surface area contributed by atoms with Crippen LogP contribution in [0.3, 0.4) is 0 Å². The third kappa shape index (κ3) is 2.23. The van der Waals surface area contributed by atoms with E-state index in [-0.39, 0.29) is 28.7 Å². The number of allylic oxidation sites excluding steroid dienone is 5. The van der Waals surface area contributed by atoms with Gasteiger partial charge in [-0.1, -0.05) is 19.4 Å². The van der Waals surface area contributed by atoms with E-state index in [2.05, 4.69) is 0 Å². The zero-order valence-electron chi connectivity index (χ0n) is 10.3. The van der Waals surface area contributed by atoms with Gasteiger partial charge in [-0.05, 0) is 18.9 Å². The van der Waals surface area contributed by atoms with Gasteiger partial charge >= 0.3 is 0 Å². The number of fused-ring (bicyclic) bond motifs is 1. The maximum Gasteiger partial charge on any atom is 0.205 e. The van der Waals surface area contributed by atoms with Gasteiger partial charge in [0.05, 0.1) is 18.1 Å². The lowest BCUT2D eigenvalue weighted by atomic mass is 9.80. The van der Waals surface area contributed by atoms with Gasteiger partial charge in [0.25, 0.3) is 0 Å². The Labute approximate surface area is 106 Å². The highest BCUT2D eigenvalue weighted by Gasteiger charge is 2.37. The number of aliphatic hydroxyl groups is 1. The van der Waals surface area contributed by atoms with Crippen LogP contribution in [-0.4, -0.2) is 23.3 Å². The van der Waals surface area contributed by atoms with Crippen LogP contribution in [0.25, 0.3) is 0 Å². The van der Waals surface area contributed by atoms with Crippen LogP contribution in [0.1, 0.15) is 26.2 Å². The summed E-state index contributed by atoms with van der Waals surface area (Å²) in [6, 6.07) is 0. The summed E-state index contributed by atoms with van der Waals surface area (Å²) < 4.78 is 5.35. The van der Waals surface area contributed by atoms with Crippen LogP contribution in [0.2, 0.25) is 0 Å². The first kappa shape index (κ1) is 12.6. The Balaban J connectivity index is 2.22. The molecular formula is C14H16O4. The van der Waals surface area contributed by atoms with Crippen LogP contribution >= 0.6 is 0 Å². The van der Waals surface area contributed by atoms with Crippen LogP contribution in [0.5, 0.6) is 0 Å². The molecule has 0 aliphatic heterocycles. The van der Waals surface area contributed by atoms with Crippen LogP contribution in [0, 0.1) is 5.92 Å². The molecule has 4 heteroatoms. The monoisotopic (exact) mass is 248 g/mol. The predicted molar refractivity (Wildman–Crippen MR) is 65.9 cm³/mol. The van der Waals surface area contributed by atoms with E-state index in [1.807, 2.05) is 6.92 Å². The number of hydrogen-bond acceptors (Lipinski definition) is 4. The smallest absolute Gasteiger partial charge is 0.205 e. The van der Waals surface area contributed by atoms with Crippen molar-refractivity contribution in [3.05, 3.63) is 35.3 Å². The fourth-order valence-electron chi connectivity index (χ4n) is 2.12. The van der Waals surface area contributed by atoms with Crippen molar-refractivity contribution < 1.29 is 19.4 Å². The average Bonchev–Trinajstić information content (AvgIpc) is 2.35. The molecule has 2 aliphatic rings. The molecule has 0 aromatic carbocycles. The van der Waals surface area contributed by atoms with Gasteiger partial charge in [0.15, 0.2) is 11.5 Å². The van der Waals surface area contributed by atoms with Gasteiger partial charge in [-0.3, -0.25) is 9.59 Å². The lowest BCUT2D eigenvalue weighted by Crippen LogP contribution is -2.31. The van der Waals surface area contributed by atoms with Gasteiger partial charge in [-0.15, -0.1) is 0 Å². The Kier molecular flexibility index (Phi) is 3.65. The minimum atomic E-state index is -0.580. The largest absolute Gasteiger partial charge is 0.508 e. The number of aliphatic hydroxyl groups excluding tert-OH is 1. The second-order valence-electron chi connectivity index (χ2n) is 4.43. The molecule has 1 atom stereocenters. The Morgan fingerprint density at radius 2 is 2.22 bits per heavy atom. The number of ketones is 2. The van der Waals surface area contributed by atoms with Crippen molar-refractivity contribution in [2.75, 3.05) is 6.61 Å². The summed E-state index contributed by atoms with van der Waals surface area (Å²) in [6.45, 7) is 2.46. The SMILES string of the molecule is CCCCOC1=CC(=O)C2=C(O)C=CCC2C1=O. The molecule has 0 saturated carbocycles. The molecule has 0 aromatic heterocycles. The van der Waals surface area contributed by atoms with Gasteiger partial charge < -0.3 is 9.84 Å². The Morgan fingerprint density at radius 1 is 1.44 bits per heavy atom. The van der Waals surface area contributed by atoms with Gasteiger partial charge in [-0.25, -0.2) is 0 Å². The molecule has 18 heavy (non-hydrogen) atoms. The number of unbranched alkanes of at least 4 members (excludes halogenated alkanes) is 1. The van der Waals surface area contributed by atoms with Crippen molar-refractivity contribution in [3.63, 3.8) is 0 Å². The van der Waals surface area contributed by atoms with Gasteiger partial charge in [0, 0.05) is 6.08 Å². The van der Waals surface area contributed by atoms with Crippen LogP contribution < -0.4 is 0 Å². The van der Waals surface area contributed by atoms with Gasteiger partial charge in [-0.2, -0.15) is 0 Å². The van der Waals surface area contributed by atoms with Gasteiger partial charge in [0.2, 0.25) is 5.78 Å². The third-order valence-electron chi connectivity index (χ3n) is 3.11. The van der Waals surface area contributed by atoms with E-state index < -0.39 is 5.92 Å². The van der Waals surface area contributed by atoms with E-state index in [9.17, 15) is 14.7 Å². The lowest BCUT2D eigenvalue weighted by Gasteiger charge is -2.25. The fraction of sp³-hybridized carbons (Fsp3) is 0.429.